The standard InChI is InChI=1S/C29H29FN4.C3H6/c1-19-9-13-23(14-10-19)32-28-33-26-17-21(25-15-11-20(2)31-25)12-16-27(26)34(28)18-22-7-5-6-8-24(22)29(3,4)30;1-3-2/h5-14,16-17H,15,18H2,1-4H3,(H,32,33);3H,1H2,2H3. The number of halogens is 1. The van der Waals surface area contributed by atoms with Gasteiger partial charge in [0.25, 0.3) is 0 Å². The van der Waals surface area contributed by atoms with Crippen LogP contribution in [0.3, 0.4) is 0 Å². The zero-order chi connectivity index (χ0) is 26.6. The number of fused-ring (bicyclic) bond motifs is 1. The van der Waals surface area contributed by atoms with Crippen molar-refractivity contribution < 1.29 is 4.39 Å². The first-order chi connectivity index (χ1) is 17.7. The van der Waals surface area contributed by atoms with Gasteiger partial charge in [-0.05, 0) is 75.6 Å². The van der Waals surface area contributed by atoms with E-state index in [2.05, 4.69) is 64.8 Å². The molecule has 5 heteroatoms. The van der Waals surface area contributed by atoms with Crippen molar-refractivity contribution in [2.75, 3.05) is 5.32 Å². The fourth-order valence-electron chi connectivity index (χ4n) is 4.47. The Hall–Kier alpha value is -3.99. The number of allylic oxidation sites excluding steroid dienone is 3. The highest BCUT2D eigenvalue weighted by molar-refractivity contribution is 6.05. The summed E-state index contributed by atoms with van der Waals surface area (Å²) < 4.78 is 17.1. The smallest absolute Gasteiger partial charge is 0.208 e. The Morgan fingerprint density at radius 3 is 2.41 bits per heavy atom. The quantitative estimate of drug-likeness (QED) is 0.273. The number of alkyl halides is 1. The lowest BCUT2D eigenvalue weighted by molar-refractivity contribution is 0.219. The van der Waals surface area contributed by atoms with Crippen LogP contribution in [0.2, 0.25) is 0 Å². The van der Waals surface area contributed by atoms with Crippen LogP contribution in [-0.4, -0.2) is 15.3 Å². The molecule has 0 amide bonds. The van der Waals surface area contributed by atoms with Crippen LogP contribution in [0.4, 0.5) is 16.0 Å². The van der Waals surface area contributed by atoms with Crippen LogP contribution in [-0.2, 0) is 12.2 Å². The first-order valence-corrected chi connectivity index (χ1v) is 12.6. The van der Waals surface area contributed by atoms with E-state index >= 15 is 4.39 Å². The average molecular weight is 495 g/mol. The first-order valence-electron chi connectivity index (χ1n) is 12.6. The number of benzene rings is 3. The summed E-state index contributed by atoms with van der Waals surface area (Å²) in [6.45, 7) is 13.1. The summed E-state index contributed by atoms with van der Waals surface area (Å²) in [7, 11) is 0. The van der Waals surface area contributed by atoms with Gasteiger partial charge in [-0.1, -0.05) is 60.2 Å². The summed E-state index contributed by atoms with van der Waals surface area (Å²) in [5.41, 5.74) is 7.42. The van der Waals surface area contributed by atoms with Crippen molar-refractivity contribution in [3.63, 3.8) is 0 Å². The molecule has 1 aliphatic heterocycles. The molecule has 0 radical (unpaired) electrons. The summed E-state index contributed by atoms with van der Waals surface area (Å²) in [6.07, 6.45) is 4.73. The summed E-state index contributed by atoms with van der Waals surface area (Å²) in [6, 6.07) is 22.2. The van der Waals surface area contributed by atoms with Crippen LogP contribution in [0.5, 0.6) is 0 Å². The molecule has 1 N–H and O–H groups in total. The van der Waals surface area contributed by atoms with E-state index in [1.54, 1.807) is 19.9 Å². The maximum Gasteiger partial charge on any atom is 0.208 e. The fraction of sp³-hybridized carbons (Fsp3) is 0.250. The molecule has 0 atom stereocenters. The number of anilines is 2. The maximum atomic E-state index is 15.0. The minimum Gasteiger partial charge on any atom is -0.326 e. The highest BCUT2D eigenvalue weighted by Crippen LogP contribution is 2.31. The van der Waals surface area contributed by atoms with E-state index in [9.17, 15) is 0 Å². The van der Waals surface area contributed by atoms with Crippen LogP contribution >= 0.6 is 0 Å². The number of aryl methyl sites for hydroxylation is 1. The van der Waals surface area contributed by atoms with Crippen LogP contribution in [0, 0.1) is 6.92 Å². The number of aliphatic imine (C=N–C) groups is 1. The monoisotopic (exact) mass is 494 g/mol. The molecule has 0 saturated carbocycles. The molecule has 0 bridgehead atoms. The van der Waals surface area contributed by atoms with Gasteiger partial charge in [0.05, 0.1) is 23.3 Å². The SMILES string of the molecule is C=CC.CC1=CCC(c2ccc3c(c2)nc(Nc2ccc(C)cc2)n3Cc2ccccc2C(C)(C)F)=N1. The van der Waals surface area contributed by atoms with Crippen LogP contribution < -0.4 is 5.32 Å². The second-order valence-corrected chi connectivity index (χ2v) is 9.86. The number of hydrogen-bond donors (Lipinski definition) is 1. The Morgan fingerprint density at radius 1 is 1.05 bits per heavy atom. The van der Waals surface area contributed by atoms with E-state index in [4.69, 9.17) is 4.98 Å². The molecule has 190 valence electrons. The van der Waals surface area contributed by atoms with E-state index < -0.39 is 5.67 Å². The zero-order valence-electron chi connectivity index (χ0n) is 22.3. The van der Waals surface area contributed by atoms with Crippen LogP contribution in [0.1, 0.15) is 56.4 Å². The van der Waals surface area contributed by atoms with Gasteiger partial charge in [0.15, 0.2) is 0 Å². The molecule has 4 nitrogen and oxygen atoms in total. The predicted molar refractivity (Wildman–Crippen MR) is 155 cm³/mol. The number of nitrogens with zero attached hydrogens (tertiary/aromatic N) is 3. The lowest BCUT2D eigenvalue weighted by atomic mass is 9.94. The van der Waals surface area contributed by atoms with E-state index in [1.165, 1.54) is 5.56 Å². The molecule has 0 spiro atoms. The Morgan fingerprint density at radius 2 is 1.76 bits per heavy atom. The maximum absolute atomic E-state index is 15.0. The largest absolute Gasteiger partial charge is 0.326 e. The van der Waals surface area contributed by atoms with Crippen molar-refractivity contribution >= 4 is 28.4 Å². The summed E-state index contributed by atoms with van der Waals surface area (Å²) in [5.74, 6) is 0.727. The molecule has 2 heterocycles. The molecule has 3 aromatic carbocycles. The fourth-order valence-corrected chi connectivity index (χ4v) is 4.47. The van der Waals surface area contributed by atoms with Gasteiger partial charge in [-0.15, -0.1) is 6.58 Å². The van der Waals surface area contributed by atoms with E-state index in [-0.39, 0.29) is 0 Å². The number of rotatable bonds is 6. The van der Waals surface area contributed by atoms with E-state index in [1.807, 2.05) is 50.2 Å². The lowest BCUT2D eigenvalue weighted by Gasteiger charge is -2.20. The minimum absolute atomic E-state index is 0.509. The van der Waals surface area contributed by atoms with Gasteiger partial charge in [0.2, 0.25) is 5.95 Å². The highest BCUT2D eigenvalue weighted by atomic mass is 19.1. The number of hydrogen-bond acceptors (Lipinski definition) is 3. The number of imidazole rings is 1. The normalized spacial score (nSPS) is 13.0. The molecule has 37 heavy (non-hydrogen) atoms. The van der Waals surface area contributed by atoms with Crippen LogP contribution in [0.15, 0.2) is 96.2 Å². The van der Waals surface area contributed by atoms with Crippen molar-refractivity contribution in [1.29, 1.82) is 0 Å². The number of nitrogens with one attached hydrogen (secondary N) is 1. The molecular formula is C32H35FN4. The van der Waals surface area contributed by atoms with Crippen molar-refractivity contribution in [1.82, 2.24) is 9.55 Å². The van der Waals surface area contributed by atoms with Gasteiger partial charge in [0, 0.05) is 17.8 Å². The van der Waals surface area contributed by atoms with Crippen molar-refractivity contribution in [2.45, 2.75) is 53.3 Å². The molecule has 0 fully saturated rings. The molecule has 0 saturated heterocycles. The second kappa shape index (κ2) is 11.0. The molecular weight excluding hydrogens is 459 g/mol. The zero-order valence-corrected chi connectivity index (χ0v) is 22.3. The highest BCUT2D eigenvalue weighted by Gasteiger charge is 2.23. The molecule has 1 aliphatic rings. The van der Waals surface area contributed by atoms with Crippen molar-refractivity contribution in [3.8, 4) is 0 Å². The van der Waals surface area contributed by atoms with Gasteiger partial charge in [0.1, 0.15) is 5.67 Å². The third kappa shape index (κ3) is 6.05. The van der Waals surface area contributed by atoms with E-state index in [0.29, 0.717) is 12.1 Å². The summed E-state index contributed by atoms with van der Waals surface area (Å²) in [5, 5.41) is 3.48. The van der Waals surface area contributed by atoms with Crippen LogP contribution in [0.25, 0.3) is 11.0 Å². The molecule has 1 aromatic heterocycles. The van der Waals surface area contributed by atoms with Crippen molar-refractivity contribution in [3.05, 3.63) is 113 Å². The molecule has 0 aliphatic carbocycles. The third-order valence-corrected chi connectivity index (χ3v) is 6.28. The number of aromatic nitrogens is 2. The molecule has 4 aromatic rings. The average Bonchev–Trinajstić information content (AvgIpc) is 3.44. The molecule has 5 rings (SSSR count). The second-order valence-electron chi connectivity index (χ2n) is 9.86. The van der Waals surface area contributed by atoms with Gasteiger partial charge in [-0.2, -0.15) is 0 Å². The Kier molecular flexibility index (Phi) is 7.72. The van der Waals surface area contributed by atoms with Gasteiger partial charge in [-0.25, -0.2) is 9.37 Å². The molecule has 0 unspecified atom stereocenters. The summed E-state index contributed by atoms with van der Waals surface area (Å²) in [4.78, 5) is 9.62. The topological polar surface area (TPSA) is 42.2 Å². The Balaban J connectivity index is 0.00000102. The first kappa shape index (κ1) is 26.1. The minimum atomic E-state index is -1.43. The third-order valence-electron chi connectivity index (χ3n) is 6.28. The Labute approximate surface area is 219 Å². The van der Waals surface area contributed by atoms with Crippen molar-refractivity contribution in [2.24, 2.45) is 4.99 Å². The van der Waals surface area contributed by atoms with Gasteiger partial charge < -0.3 is 9.88 Å². The van der Waals surface area contributed by atoms with E-state index in [0.717, 1.165) is 51.6 Å². The van der Waals surface area contributed by atoms with Gasteiger partial charge in [-0.3, -0.25) is 4.99 Å². The lowest BCUT2D eigenvalue weighted by Crippen LogP contribution is -2.15. The predicted octanol–water partition coefficient (Wildman–Crippen LogP) is 8.63. The Bertz CT molecular complexity index is 1470. The van der Waals surface area contributed by atoms with Gasteiger partial charge >= 0.3 is 0 Å². The summed E-state index contributed by atoms with van der Waals surface area (Å²) >= 11 is 0.